The lowest BCUT2D eigenvalue weighted by Crippen LogP contribution is -2.44. The van der Waals surface area contributed by atoms with Crippen molar-refractivity contribution in [1.82, 2.24) is 20.2 Å². The summed E-state index contributed by atoms with van der Waals surface area (Å²) in [5.74, 6) is 0.333. The first-order valence-electron chi connectivity index (χ1n) is 7.06. The predicted octanol–water partition coefficient (Wildman–Crippen LogP) is 1.68. The molecule has 2 aromatic rings. The van der Waals surface area contributed by atoms with Crippen LogP contribution in [0, 0.1) is 12.8 Å². The average Bonchev–Trinajstić information content (AvgIpc) is 2.86. The Hall–Kier alpha value is -2.02. The van der Waals surface area contributed by atoms with Gasteiger partial charge in [-0.15, -0.1) is 11.8 Å². The van der Waals surface area contributed by atoms with E-state index in [4.69, 9.17) is 0 Å². The highest BCUT2D eigenvalue weighted by molar-refractivity contribution is 7.99. The zero-order chi connectivity index (χ0) is 16.1. The lowest BCUT2D eigenvalue weighted by molar-refractivity contribution is -0.129. The summed E-state index contributed by atoms with van der Waals surface area (Å²) in [5.41, 5.74) is 7.78. The van der Waals surface area contributed by atoms with E-state index in [0.717, 1.165) is 11.3 Å². The van der Waals surface area contributed by atoms with Gasteiger partial charge < -0.3 is 4.40 Å². The van der Waals surface area contributed by atoms with Gasteiger partial charge in [-0.1, -0.05) is 19.9 Å². The molecular weight excluding hydrogens is 300 g/mol. The van der Waals surface area contributed by atoms with Gasteiger partial charge in [-0.3, -0.25) is 20.4 Å². The van der Waals surface area contributed by atoms with E-state index in [0.29, 0.717) is 5.75 Å². The Morgan fingerprint density at radius 2 is 2.05 bits per heavy atom. The SMILES string of the molecule is Cc1ccc2nc(CSCC(=O)NNC(=O)C(C)C)cn2c1. The first-order chi connectivity index (χ1) is 10.5. The molecule has 118 valence electrons. The van der Waals surface area contributed by atoms with Crippen LogP contribution in [0.3, 0.4) is 0 Å². The van der Waals surface area contributed by atoms with E-state index in [1.54, 1.807) is 13.8 Å². The number of hydrogen-bond acceptors (Lipinski definition) is 4. The van der Waals surface area contributed by atoms with Crippen molar-refractivity contribution in [3.05, 3.63) is 35.8 Å². The zero-order valence-corrected chi connectivity index (χ0v) is 13.7. The van der Waals surface area contributed by atoms with E-state index in [-0.39, 0.29) is 23.5 Å². The quantitative estimate of drug-likeness (QED) is 0.822. The van der Waals surface area contributed by atoms with Crippen molar-refractivity contribution >= 4 is 29.2 Å². The second-order valence-corrected chi connectivity index (χ2v) is 6.37. The van der Waals surface area contributed by atoms with Crippen LogP contribution in [0.5, 0.6) is 0 Å². The molecule has 0 fully saturated rings. The standard InChI is InChI=1S/C15H20N4O2S/c1-10(2)15(21)18-17-14(20)9-22-8-12-7-19-6-11(3)4-5-13(19)16-12/h4-7,10H,8-9H2,1-3H3,(H,17,20)(H,18,21). The highest BCUT2D eigenvalue weighted by atomic mass is 32.2. The molecule has 0 radical (unpaired) electrons. The fourth-order valence-corrected chi connectivity index (χ4v) is 2.49. The lowest BCUT2D eigenvalue weighted by Gasteiger charge is -2.08. The number of hydrazine groups is 1. The summed E-state index contributed by atoms with van der Waals surface area (Å²) >= 11 is 1.45. The molecule has 0 aromatic carbocycles. The first kappa shape index (κ1) is 16.4. The summed E-state index contributed by atoms with van der Waals surface area (Å²) in [6.07, 6.45) is 3.98. The van der Waals surface area contributed by atoms with Crippen LogP contribution in [0.2, 0.25) is 0 Å². The topological polar surface area (TPSA) is 75.5 Å². The van der Waals surface area contributed by atoms with Crippen molar-refractivity contribution in [1.29, 1.82) is 0 Å². The van der Waals surface area contributed by atoms with Gasteiger partial charge in [0.1, 0.15) is 5.65 Å². The van der Waals surface area contributed by atoms with Crippen LogP contribution in [-0.4, -0.2) is 27.0 Å². The molecule has 2 amide bonds. The number of thioether (sulfide) groups is 1. The van der Waals surface area contributed by atoms with Gasteiger partial charge in [0.15, 0.2) is 0 Å². The number of carbonyl (C=O) groups is 2. The Kier molecular flexibility index (Phi) is 5.43. The fraction of sp³-hybridized carbons (Fsp3) is 0.400. The highest BCUT2D eigenvalue weighted by Crippen LogP contribution is 2.13. The predicted molar refractivity (Wildman–Crippen MR) is 87.2 cm³/mol. The smallest absolute Gasteiger partial charge is 0.248 e. The minimum atomic E-state index is -0.224. The van der Waals surface area contributed by atoms with Crippen LogP contribution in [-0.2, 0) is 15.3 Å². The summed E-state index contributed by atoms with van der Waals surface area (Å²) in [7, 11) is 0. The van der Waals surface area contributed by atoms with Gasteiger partial charge in [-0.05, 0) is 18.6 Å². The number of fused-ring (bicyclic) bond motifs is 1. The molecule has 0 spiro atoms. The number of rotatable bonds is 5. The number of carbonyl (C=O) groups excluding carboxylic acids is 2. The van der Waals surface area contributed by atoms with Crippen LogP contribution in [0.1, 0.15) is 25.1 Å². The molecule has 2 rings (SSSR count). The van der Waals surface area contributed by atoms with E-state index < -0.39 is 0 Å². The van der Waals surface area contributed by atoms with Crippen LogP contribution >= 0.6 is 11.8 Å². The first-order valence-corrected chi connectivity index (χ1v) is 8.22. The monoisotopic (exact) mass is 320 g/mol. The van der Waals surface area contributed by atoms with Gasteiger partial charge >= 0.3 is 0 Å². The minimum Gasteiger partial charge on any atom is -0.307 e. The highest BCUT2D eigenvalue weighted by Gasteiger charge is 2.09. The third-order valence-corrected chi connectivity index (χ3v) is 3.95. The summed E-state index contributed by atoms with van der Waals surface area (Å²) in [4.78, 5) is 27.4. The molecule has 2 N–H and O–H groups in total. The van der Waals surface area contributed by atoms with Gasteiger partial charge in [0.25, 0.3) is 0 Å². The number of nitrogens with one attached hydrogen (secondary N) is 2. The van der Waals surface area contributed by atoms with Crippen LogP contribution in [0.25, 0.3) is 5.65 Å². The van der Waals surface area contributed by atoms with Gasteiger partial charge in [0.05, 0.1) is 11.4 Å². The maximum atomic E-state index is 11.6. The molecule has 0 unspecified atom stereocenters. The number of aryl methyl sites for hydroxylation is 1. The van der Waals surface area contributed by atoms with Crippen LogP contribution in [0.15, 0.2) is 24.5 Å². The molecule has 0 aliphatic rings. The van der Waals surface area contributed by atoms with Crippen LogP contribution in [0.4, 0.5) is 0 Å². The average molecular weight is 320 g/mol. The van der Waals surface area contributed by atoms with E-state index in [1.807, 2.05) is 35.9 Å². The Morgan fingerprint density at radius 1 is 1.27 bits per heavy atom. The molecule has 2 heterocycles. The normalized spacial score (nSPS) is 10.9. The maximum absolute atomic E-state index is 11.6. The van der Waals surface area contributed by atoms with Crippen molar-refractivity contribution in [3.8, 4) is 0 Å². The van der Waals surface area contributed by atoms with Crippen molar-refractivity contribution in [3.63, 3.8) is 0 Å². The number of pyridine rings is 1. The number of hydrogen-bond donors (Lipinski definition) is 2. The zero-order valence-electron chi connectivity index (χ0n) is 12.9. The molecule has 0 aliphatic heterocycles. The molecule has 22 heavy (non-hydrogen) atoms. The second kappa shape index (κ2) is 7.31. The molecule has 7 heteroatoms. The van der Waals surface area contributed by atoms with Gasteiger partial charge in [-0.2, -0.15) is 0 Å². The van der Waals surface area contributed by atoms with Gasteiger partial charge in [-0.25, -0.2) is 4.98 Å². The van der Waals surface area contributed by atoms with E-state index >= 15 is 0 Å². The van der Waals surface area contributed by atoms with E-state index in [9.17, 15) is 9.59 Å². The van der Waals surface area contributed by atoms with Crippen molar-refractivity contribution in [2.45, 2.75) is 26.5 Å². The molecule has 0 bridgehead atoms. The summed E-state index contributed by atoms with van der Waals surface area (Å²) in [5, 5.41) is 0. The fourth-order valence-electron chi connectivity index (χ4n) is 1.79. The molecule has 0 aliphatic carbocycles. The molecule has 0 saturated heterocycles. The Balaban J connectivity index is 1.77. The van der Waals surface area contributed by atoms with Crippen molar-refractivity contribution < 1.29 is 9.59 Å². The third-order valence-electron chi connectivity index (χ3n) is 2.98. The Labute approximate surface area is 133 Å². The maximum Gasteiger partial charge on any atom is 0.248 e. The molecule has 6 nitrogen and oxygen atoms in total. The van der Waals surface area contributed by atoms with E-state index in [1.165, 1.54) is 17.3 Å². The number of amides is 2. The largest absolute Gasteiger partial charge is 0.307 e. The lowest BCUT2D eigenvalue weighted by atomic mass is 10.2. The summed E-state index contributed by atoms with van der Waals surface area (Å²) in [6.45, 7) is 5.56. The Morgan fingerprint density at radius 3 is 2.77 bits per heavy atom. The molecule has 0 saturated carbocycles. The van der Waals surface area contributed by atoms with E-state index in [2.05, 4.69) is 15.8 Å². The van der Waals surface area contributed by atoms with Crippen molar-refractivity contribution in [2.24, 2.45) is 5.92 Å². The van der Waals surface area contributed by atoms with Crippen LogP contribution < -0.4 is 10.9 Å². The molecule has 2 aromatic heterocycles. The van der Waals surface area contributed by atoms with Crippen molar-refractivity contribution in [2.75, 3.05) is 5.75 Å². The third kappa shape index (κ3) is 4.49. The number of aromatic nitrogens is 2. The van der Waals surface area contributed by atoms with Gasteiger partial charge in [0.2, 0.25) is 11.8 Å². The summed E-state index contributed by atoms with van der Waals surface area (Å²) < 4.78 is 1.98. The number of nitrogens with zero attached hydrogens (tertiary/aromatic N) is 2. The Bertz CT molecular complexity index is 681. The van der Waals surface area contributed by atoms with Gasteiger partial charge in [0, 0.05) is 24.1 Å². The molecule has 0 atom stereocenters. The molecular formula is C15H20N4O2S. The minimum absolute atomic E-state index is 0.158. The number of imidazole rings is 1. The second-order valence-electron chi connectivity index (χ2n) is 5.39. The summed E-state index contributed by atoms with van der Waals surface area (Å²) in [6, 6.07) is 3.99.